The molecule has 0 aliphatic carbocycles. The molecule has 0 spiro atoms. The number of hydrogen-bond acceptors (Lipinski definition) is 3. The molecule has 1 fully saturated rings. The largest absolute Gasteiger partial charge is 0.480 e. The van der Waals surface area contributed by atoms with Crippen molar-refractivity contribution in [3.05, 3.63) is 0 Å². The molecule has 0 bridgehead atoms. The lowest BCUT2D eigenvalue weighted by molar-refractivity contribution is -0.144. The van der Waals surface area contributed by atoms with Gasteiger partial charge in [0, 0.05) is 19.9 Å². The van der Waals surface area contributed by atoms with Gasteiger partial charge in [0.2, 0.25) is 11.8 Å². The monoisotopic (exact) mass is 228 g/mol. The molecule has 6 nitrogen and oxygen atoms in total. The topological polar surface area (TPSA) is 86.7 Å². The normalized spacial score (nSPS) is 18.1. The summed E-state index contributed by atoms with van der Waals surface area (Å²) in [5.74, 6) is -1.56. The first-order valence-electron chi connectivity index (χ1n) is 5.28. The van der Waals surface area contributed by atoms with Gasteiger partial charge in [0.25, 0.3) is 0 Å². The van der Waals surface area contributed by atoms with E-state index in [4.69, 9.17) is 5.11 Å². The molecule has 1 aliphatic heterocycles. The van der Waals surface area contributed by atoms with Crippen LogP contribution in [-0.4, -0.2) is 46.9 Å². The third kappa shape index (κ3) is 3.52. The van der Waals surface area contributed by atoms with E-state index in [-0.39, 0.29) is 12.5 Å². The van der Waals surface area contributed by atoms with E-state index in [0.717, 1.165) is 12.8 Å². The summed E-state index contributed by atoms with van der Waals surface area (Å²) in [7, 11) is 0. The second-order valence-electron chi connectivity index (χ2n) is 3.89. The van der Waals surface area contributed by atoms with Gasteiger partial charge in [0.05, 0.1) is 6.54 Å². The fourth-order valence-electron chi connectivity index (χ4n) is 1.71. The van der Waals surface area contributed by atoms with E-state index in [9.17, 15) is 14.4 Å². The summed E-state index contributed by atoms with van der Waals surface area (Å²) in [6, 6.07) is -1.01. The van der Waals surface area contributed by atoms with Crippen molar-refractivity contribution < 1.29 is 19.5 Å². The van der Waals surface area contributed by atoms with Crippen molar-refractivity contribution in [2.24, 2.45) is 0 Å². The second-order valence-corrected chi connectivity index (χ2v) is 3.89. The quantitative estimate of drug-likeness (QED) is 0.684. The van der Waals surface area contributed by atoms with Crippen molar-refractivity contribution >= 4 is 17.8 Å². The van der Waals surface area contributed by atoms with Gasteiger partial charge >= 0.3 is 5.97 Å². The van der Waals surface area contributed by atoms with E-state index >= 15 is 0 Å². The van der Waals surface area contributed by atoms with E-state index in [0.29, 0.717) is 13.0 Å². The molecule has 1 saturated heterocycles. The van der Waals surface area contributed by atoms with Crippen molar-refractivity contribution in [3.8, 4) is 0 Å². The van der Waals surface area contributed by atoms with Gasteiger partial charge < -0.3 is 15.3 Å². The first-order valence-corrected chi connectivity index (χ1v) is 5.28. The number of rotatable bonds is 4. The molecular weight excluding hydrogens is 212 g/mol. The van der Waals surface area contributed by atoms with Gasteiger partial charge in [-0.05, 0) is 12.8 Å². The molecule has 1 unspecified atom stereocenters. The summed E-state index contributed by atoms with van der Waals surface area (Å²) < 4.78 is 0. The smallest absolute Gasteiger partial charge is 0.328 e. The summed E-state index contributed by atoms with van der Waals surface area (Å²) in [4.78, 5) is 34.6. The molecule has 1 heterocycles. The van der Waals surface area contributed by atoms with Gasteiger partial charge in [-0.25, -0.2) is 4.79 Å². The van der Waals surface area contributed by atoms with E-state index < -0.39 is 17.9 Å². The maximum Gasteiger partial charge on any atom is 0.328 e. The highest BCUT2D eigenvalue weighted by Gasteiger charge is 2.26. The Labute approximate surface area is 93.6 Å². The van der Waals surface area contributed by atoms with Crippen LogP contribution in [-0.2, 0) is 14.4 Å². The second kappa shape index (κ2) is 5.48. The lowest BCUT2D eigenvalue weighted by Crippen LogP contribution is -2.50. The number of nitrogens with zero attached hydrogens (tertiary/aromatic N) is 1. The molecule has 2 amide bonds. The number of carboxylic acids is 1. The van der Waals surface area contributed by atoms with E-state index in [1.807, 2.05) is 0 Å². The lowest BCUT2D eigenvalue weighted by Gasteiger charge is -2.29. The Hall–Kier alpha value is -1.59. The number of carboxylic acid groups (broad SMARTS) is 1. The zero-order chi connectivity index (χ0) is 12.1. The molecule has 0 radical (unpaired) electrons. The Bertz CT molecular complexity index is 303. The lowest BCUT2D eigenvalue weighted by atomic mass is 10.1. The highest BCUT2D eigenvalue weighted by Crippen LogP contribution is 2.10. The molecule has 1 rings (SSSR count). The van der Waals surface area contributed by atoms with Crippen molar-refractivity contribution in [3.63, 3.8) is 0 Å². The zero-order valence-corrected chi connectivity index (χ0v) is 9.23. The minimum atomic E-state index is -1.12. The van der Waals surface area contributed by atoms with Gasteiger partial charge in [-0.3, -0.25) is 9.59 Å². The van der Waals surface area contributed by atoms with E-state index in [1.165, 1.54) is 11.8 Å². The van der Waals surface area contributed by atoms with Gasteiger partial charge in [-0.15, -0.1) is 0 Å². The highest BCUT2D eigenvalue weighted by molar-refractivity contribution is 5.83. The van der Waals surface area contributed by atoms with Crippen LogP contribution in [0.5, 0.6) is 0 Å². The van der Waals surface area contributed by atoms with Gasteiger partial charge in [-0.1, -0.05) is 0 Å². The number of aliphatic carboxylic acids is 1. The van der Waals surface area contributed by atoms with Crippen molar-refractivity contribution in [2.75, 3.05) is 13.1 Å². The summed E-state index contributed by atoms with van der Waals surface area (Å²) >= 11 is 0. The predicted octanol–water partition coefficient (Wildman–Crippen LogP) is -0.412. The molecule has 1 aliphatic rings. The fourth-order valence-corrected chi connectivity index (χ4v) is 1.71. The first-order chi connectivity index (χ1) is 7.50. The number of carbonyl (C=O) groups is 3. The van der Waals surface area contributed by atoms with Crippen LogP contribution in [0.1, 0.15) is 26.2 Å². The third-order valence-electron chi connectivity index (χ3n) is 2.50. The van der Waals surface area contributed by atoms with Crippen LogP contribution in [0.25, 0.3) is 0 Å². The average Bonchev–Trinajstić information content (AvgIpc) is 2.19. The minimum absolute atomic E-state index is 0.0390. The molecule has 0 aromatic carbocycles. The zero-order valence-electron chi connectivity index (χ0n) is 9.23. The molecule has 2 N–H and O–H groups in total. The Morgan fingerprint density at radius 2 is 2.19 bits per heavy atom. The number of amides is 2. The summed E-state index contributed by atoms with van der Waals surface area (Å²) in [5, 5.41) is 11.2. The Morgan fingerprint density at radius 1 is 1.50 bits per heavy atom. The average molecular weight is 228 g/mol. The van der Waals surface area contributed by atoms with Crippen molar-refractivity contribution in [2.45, 2.75) is 32.2 Å². The van der Waals surface area contributed by atoms with Crippen molar-refractivity contribution in [1.29, 1.82) is 0 Å². The van der Waals surface area contributed by atoms with Crippen LogP contribution in [0.4, 0.5) is 0 Å². The van der Waals surface area contributed by atoms with Crippen molar-refractivity contribution in [1.82, 2.24) is 10.2 Å². The highest BCUT2D eigenvalue weighted by atomic mass is 16.4. The Balaban J connectivity index is 2.56. The van der Waals surface area contributed by atoms with Crippen LogP contribution >= 0.6 is 0 Å². The number of carbonyl (C=O) groups excluding carboxylic acids is 2. The van der Waals surface area contributed by atoms with Crippen LogP contribution < -0.4 is 5.32 Å². The maximum absolute atomic E-state index is 11.5. The number of nitrogens with one attached hydrogen (secondary N) is 1. The molecule has 0 saturated carbocycles. The van der Waals surface area contributed by atoms with E-state index in [2.05, 4.69) is 5.32 Å². The van der Waals surface area contributed by atoms with Crippen LogP contribution in [0.2, 0.25) is 0 Å². The molecule has 0 aromatic heterocycles. The molecule has 16 heavy (non-hydrogen) atoms. The molecule has 0 aromatic rings. The van der Waals surface area contributed by atoms with Gasteiger partial charge in [-0.2, -0.15) is 0 Å². The summed E-state index contributed by atoms with van der Waals surface area (Å²) in [6.45, 7) is 1.88. The Morgan fingerprint density at radius 3 is 2.69 bits per heavy atom. The van der Waals surface area contributed by atoms with Crippen LogP contribution in [0.15, 0.2) is 0 Å². The minimum Gasteiger partial charge on any atom is -0.480 e. The van der Waals surface area contributed by atoms with Gasteiger partial charge in [0.1, 0.15) is 6.04 Å². The number of likely N-dealkylation sites (tertiary alicyclic amines) is 1. The fraction of sp³-hybridized carbons (Fsp3) is 0.700. The standard InChI is InChI=1S/C10H16N2O4/c1-7(13)11-8(10(15)16)6-12-5-3-2-4-9(12)14/h8H,2-6H2,1H3,(H,11,13)(H,15,16). The molecule has 90 valence electrons. The Kier molecular flexibility index (Phi) is 4.28. The number of piperidine rings is 1. The summed E-state index contributed by atoms with van der Waals surface area (Å²) in [6.07, 6.45) is 2.21. The van der Waals surface area contributed by atoms with E-state index in [1.54, 1.807) is 0 Å². The maximum atomic E-state index is 11.5. The molecule has 6 heteroatoms. The molecule has 1 atom stereocenters. The summed E-state index contributed by atoms with van der Waals surface area (Å²) in [5.41, 5.74) is 0. The SMILES string of the molecule is CC(=O)NC(CN1CCCCC1=O)C(=O)O. The van der Waals surface area contributed by atoms with Gasteiger partial charge in [0.15, 0.2) is 0 Å². The predicted molar refractivity (Wildman–Crippen MR) is 55.7 cm³/mol. The number of hydrogen-bond donors (Lipinski definition) is 2. The first kappa shape index (κ1) is 12.5. The third-order valence-corrected chi connectivity index (χ3v) is 2.50. The van der Waals surface area contributed by atoms with Crippen LogP contribution in [0, 0.1) is 0 Å². The van der Waals surface area contributed by atoms with Crippen LogP contribution in [0.3, 0.4) is 0 Å². The molecular formula is C10H16N2O4.